The molecule has 0 aromatic heterocycles. The summed E-state index contributed by atoms with van der Waals surface area (Å²) in [5.41, 5.74) is 1.43. The summed E-state index contributed by atoms with van der Waals surface area (Å²) in [7, 11) is 0. The average Bonchev–Trinajstić information content (AvgIpc) is 2.93. The van der Waals surface area contributed by atoms with Crippen LogP contribution in [0.15, 0.2) is 42.5 Å². The van der Waals surface area contributed by atoms with E-state index in [0.717, 1.165) is 16.0 Å². The first kappa shape index (κ1) is 19.3. The average molecular weight is 396 g/mol. The van der Waals surface area contributed by atoms with E-state index in [1.807, 2.05) is 44.2 Å². The molecule has 1 saturated heterocycles. The molecular weight excluding hydrogens is 372 g/mol. The number of aryl methyl sites for hydroxylation is 2. The van der Waals surface area contributed by atoms with E-state index in [-0.39, 0.29) is 19.1 Å². The number of hydrogen-bond donors (Lipinski definition) is 2. The van der Waals surface area contributed by atoms with E-state index in [0.29, 0.717) is 30.1 Å². The topological polar surface area (TPSA) is 88.1 Å². The zero-order chi connectivity index (χ0) is 20.6. The first-order chi connectivity index (χ1) is 13.9. The van der Waals surface area contributed by atoms with E-state index >= 15 is 0 Å². The van der Waals surface area contributed by atoms with E-state index in [9.17, 15) is 14.7 Å². The molecule has 2 aromatic carbocycles. The molecule has 3 amide bonds. The van der Waals surface area contributed by atoms with Crippen molar-refractivity contribution in [3.63, 3.8) is 0 Å². The fourth-order valence-electron chi connectivity index (χ4n) is 4.01. The van der Waals surface area contributed by atoms with Crippen LogP contribution in [0.1, 0.15) is 23.1 Å². The number of para-hydroxylation sites is 2. The highest BCUT2D eigenvalue weighted by Crippen LogP contribution is 2.41. The maximum Gasteiger partial charge on any atom is 0.325 e. The molecule has 2 atom stereocenters. The third-order valence-electron chi connectivity index (χ3n) is 5.48. The number of benzene rings is 2. The van der Waals surface area contributed by atoms with Crippen LogP contribution in [0.2, 0.25) is 0 Å². The second kappa shape index (κ2) is 7.40. The Bertz CT molecular complexity index is 940. The van der Waals surface area contributed by atoms with Gasteiger partial charge in [-0.3, -0.25) is 9.69 Å². The molecule has 0 saturated carbocycles. The quantitative estimate of drug-likeness (QED) is 0.757. The van der Waals surface area contributed by atoms with Crippen LogP contribution in [0.5, 0.6) is 11.5 Å². The number of carbonyl (C=O) groups is 2. The number of nitrogens with one attached hydrogen (secondary N) is 1. The number of aliphatic hydroxyl groups is 1. The summed E-state index contributed by atoms with van der Waals surface area (Å²) in [5, 5.41) is 13.3. The van der Waals surface area contributed by atoms with Crippen molar-refractivity contribution >= 4 is 11.9 Å². The first-order valence-corrected chi connectivity index (χ1v) is 9.66. The van der Waals surface area contributed by atoms with E-state index in [2.05, 4.69) is 5.32 Å². The van der Waals surface area contributed by atoms with Crippen molar-refractivity contribution in [2.24, 2.45) is 0 Å². The predicted octanol–water partition coefficient (Wildman–Crippen LogP) is 2.27. The van der Waals surface area contributed by atoms with Crippen LogP contribution >= 0.6 is 0 Å². The van der Waals surface area contributed by atoms with Crippen LogP contribution in [-0.2, 0) is 10.3 Å². The van der Waals surface area contributed by atoms with Gasteiger partial charge in [0.2, 0.25) is 0 Å². The van der Waals surface area contributed by atoms with Gasteiger partial charge in [-0.05, 0) is 31.0 Å². The minimum atomic E-state index is -1.14. The first-order valence-electron chi connectivity index (χ1n) is 9.66. The second-order valence-corrected chi connectivity index (χ2v) is 7.53. The number of amides is 3. The SMILES string of the molecule is Cc1cccc(C)c1OC[C@H](O)CN1C(=O)N[C@]2(CCOc3ccccc32)C1=O. The molecule has 4 rings (SSSR count). The summed E-state index contributed by atoms with van der Waals surface area (Å²) in [6, 6.07) is 12.5. The Morgan fingerprint density at radius 2 is 1.90 bits per heavy atom. The van der Waals surface area contributed by atoms with Gasteiger partial charge in [-0.2, -0.15) is 0 Å². The number of nitrogens with zero attached hydrogens (tertiary/aromatic N) is 1. The number of aliphatic hydroxyl groups excluding tert-OH is 1. The number of fused-ring (bicyclic) bond motifs is 2. The zero-order valence-electron chi connectivity index (χ0n) is 16.5. The largest absolute Gasteiger partial charge is 0.493 e. The molecule has 152 valence electrons. The molecule has 2 aliphatic heterocycles. The molecule has 2 N–H and O–H groups in total. The van der Waals surface area contributed by atoms with Crippen LogP contribution in [0, 0.1) is 13.8 Å². The van der Waals surface area contributed by atoms with Crippen molar-refractivity contribution in [3.05, 3.63) is 59.2 Å². The maximum absolute atomic E-state index is 13.2. The fourth-order valence-corrected chi connectivity index (χ4v) is 4.01. The third-order valence-corrected chi connectivity index (χ3v) is 5.48. The van der Waals surface area contributed by atoms with Crippen molar-refractivity contribution in [1.29, 1.82) is 0 Å². The third kappa shape index (κ3) is 3.31. The van der Waals surface area contributed by atoms with Crippen LogP contribution < -0.4 is 14.8 Å². The second-order valence-electron chi connectivity index (χ2n) is 7.53. The maximum atomic E-state index is 13.2. The molecule has 2 aromatic rings. The molecule has 0 bridgehead atoms. The minimum absolute atomic E-state index is 0.0184. The standard InChI is InChI=1S/C22H24N2O5/c1-14-6-5-7-15(2)19(14)29-13-16(25)12-24-20(26)22(23-21(24)27)10-11-28-18-9-4-3-8-17(18)22/h3-9,16,25H,10-13H2,1-2H3,(H,23,27)/t16-,22+/m1/s1. The van der Waals surface area contributed by atoms with Crippen LogP contribution in [-0.4, -0.2) is 47.8 Å². The van der Waals surface area contributed by atoms with Gasteiger partial charge in [-0.1, -0.05) is 36.4 Å². The fraction of sp³-hybridized carbons (Fsp3) is 0.364. The number of ether oxygens (including phenoxy) is 2. The van der Waals surface area contributed by atoms with Gasteiger partial charge in [-0.25, -0.2) is 4.79 Å². The number of hydrogen-bond acceptors (Lipinski definition) is 5. The molecule has 7 nitrogen and oxygen atoms in total. The van der Waals surface area contributed by atoms with Gasteiger partial charge in [0.1, 0.15) is 24.2 Å². The highest BCUT2D eigenvalue weighted by molar-refractivity contribution is 6.08. The molecule has 1 fully saturated rings. The van der Waals surface area contributed by atoms with Gasteiger partial charge in [0.25, 0.3) is 5.91 Å². The van der Waals surface area contributed by atoms with Crippen LogP contribution in [0.25, 0.3) is 0 Å². The van der Waals surface area contributed by atoms with Crippen molar-refractivity contribution in [2.75, 3.05) is 19.8 Å². The van der Waals surface area contributed by atoms with E-state index in [4.69, 9.17) is 9.47 Å². The zero-order valence-corrected chi connectivity index (χ0v) is 16.5. The summed E-state index contributed by atoms with van der Waals surface area (Å²) < 4.78 is 11.4. The predicted molar refractivity (Wildman–Crippen MR) is 106 cm³/mol. The van der Waals surface area contributed by atoms with Crippen LogP contribution in [0.3, 0.4) is 0 Å². The van der Waals surface area contributed by atoms with Crippen molar-refractivity contribution in [1.82, 2.24) is 10.2 Å². The van der Waals surface area contributed by atoms with E-state index in [1.54, 1.807) is 12.1 Å². The lowest BCUT2D eigenvalue weighted by atomic mass is 9.84. The van der Waals surface area contributed by atoms with Crippen molar-refractivity contribution in [2.45, 2.75) is 31.9 Å². The molecule has 7 heteroatoms. The highest BCUT2D eigenvalue weighted by atomic mass is 16.5. The number of rotatable bonds is 5. The van der Waals surface area contributed by atoms with Gasteiger partial charge < -0.3 is 19.9 Å². The molecule has 2 aliphatic rings. The lowest BCUT2D eigenvalue weighted by molar-refractivity contribution is -0.133. The summed E-state index contributed by atoms with van der Waals surface area (Å²) >= 11 is 0. The molecule has 0 radical (unpaired) electrons. The Labute approximate surface area is 169 Å². The highest BCUT2D eigenvalue weighted by Gasteiger charge is 2.55. The lowest BCUT2D eigenvalue weighted by Crippen LogP contribution is -2.48. The van der Waals surface area contributed by atoms with Crippen LogP contribution in [0.4, 0.5) is 4.79 Å². The minimum Gasteiger partial charge on any atom is -0.493 e. The summed E-state index contributed by atoms with van der Waals surface area (Å²) in [5.74, 6) is 0.927. The summed E-state index contributed by atoms with van der Waals surface area (Å²) in [6.07, 6.45) is -0.658. The summed E-state index contributed by atoms with van der Waals surface area (Å²) in [4.78, 5) is 26.9. The van der Waals surface area contributed by atoms with Crippen molar-refractivity contribution < 1.29 is 24.2 Å². The number of urea groups is 1. The van der Waals surface area contributed by atoms with Gasteiger partial charge in [0.05, 0.1) is 13.2 Å². The molecular formula is C22H24N2O5. The normalized spacial score (nSPS) is 21.6. The molecule has 0 aliphatic carbocycles. The molecule has 1 spiro atoms. The Morgan fingerprint density at radius 1 is 1.17 bits per heavy atom. The van der Waals surface area contributed by atoms with E-state index < -0.39 is 17.7 Å². The van der Waals surface area contributed by atoms with Crippen molar-refractivity contribution in [3.8, 4) is 11.5 Å². The van der Waals surface area contributed by atoms with Gasteiger partial charge >= 0.3 is 6.03 Å². The monoisotopic (exact) mass is 396 g/mol. The Hall–Kier alpha value is -3.06. The Kier molecular flexibility index (Phi) is 4.92. The smallest absolute Gasteiger partial charge is 0.325 e. The van der Waals surface area contributed by atoms with Gasteiger partial charge in [0, 0.05) is 12.0 Å². The molecule has 0 unspecified atom stereocenters. The number of β-amino-alcohol motifs (C(OH)–C–C–N with tert-alkyl or cyclic N) is 1. The van der Waals surface area contributed by atoms with Gasteiger partial charge in [-0.15, -0.1) is 0 Å². The Balaban J connectivity index is 1.48. The number of carbonyl (C=O) groups excluding carboxylic acids is 2. The summed E-state index contributed by atoms with van der Waals surface area (Å²) in [6.45, 7) is 4.03. The lowest BCUT2D eigenvalue weighted by Gasteiger charge is -2.33. The molecule has 29 heavy (non-hydrogen) atoms. The Morgan fingerprint density at radius 3 is 2.66 bits per heavy atom. The molecule has 2 heterocycles. The van der Waals surface area contributed by atoms with Gasteiger partial charge in [0.15, 0.2) is 5.54 Å². The number of imide groups is 1. The van der Waals surface area contributed by atoms with E-state index in [1.165, 1.54) is 0 Å².